The second kappa shape index (κ2) is 8.47. The van der Waals surface area contributed by atoms with Gasteiger partial charge in [-0.2, -0.15) is 0 Å². The van der Waals surface area contributed by atoms with Crippen molar-refractivity contribution in [3.8, 4) is 0 Å². The Balaban J connectivity index is 2.02. The van der Waals surface area contributed by atoms with Crippen molar-refractivity contribution in [2.24, 2.45) is 22.2 Å². The van der Waals surface area contributed by atoms with Gasteiger partial charge in [0.25, 0.3) is 0 Å². The Labute approximate surface area is 123 Å². The molecule has 1 fully saturated rings. The lowest BCUT2D eigenvalue weighted by atomic mass is 9.86. The molecule has 0 aliphatic carbocycles. The molecule has 0 saturated carbocycles. The van der Waals surface area contributed by atoms with E-state index in [1.807, 2.05) is 13.8 Å². The van der Waals surface area contributed by atoms with E-state index in [-0.39, 0.29) is 5.41 Å². The maximum absolute atomic E-state index is 8.72. The molecule has 0 unspecified atom stereocenters. The molecule has 5 heteroatoms. The zero-order chi connectivity index (χ0) is 15.0. The molecule has 0 radical (unpaired) electrons. The van der Waals surface area contributed by atoms with Crippen LogP contribution in [0, 0.1) is 11.3 Å². The summed E-state index contributed by atoms with van der Waals surface area (Å²) in [4.78, 5) is 2.41. The van der Waals surface area contributed by atoms with Crippen LogP contribution in [-0.4, -0.2) is 49.2 Å². The zero-order valence-corrected chi connectivity index (χ0v) is 13.4. The lowest BCUT2D eigenvalue weighted by Gasteiger charge is -2.29. The number of hydrogen-bond acceptors (Lipinski definition) is 4. The number of nitrogens with one attached hydrogen (secondary N) is 1. The first-order valence-corrected chi connectivity index (χ1v) is 7.83. The predicted molar refractivity (Wildman–Crippen MR) is 84.1 cm³/mol. The Morgan fingerprint density at radius 2 is 2.00 bits per heavy atom. The monoisotopic (exact) mass is 284 g/mol. The molecule has 0 aromatic heterocycles. The lowest BCUT2D eigenvalue weighted by molar-refractivity contribution is 0.216. The van der Waals surface area contributed by atoms with E-state index in [0.717, 1.165) is 38.3 Å². The molecule has 1 rings (SSSR count). The van der Waals surface area contributed by atoms with E-state index in [2.05, 4.69) is 22.4 Å². The number of rotatable bonds is 8. The van der Waals surface area contributed by atoms with E-state index < -0.39 is 0 Å². The highest BCUT2D eigenvalue weighted by Crippen LogP contribution is 2.23. The molecule has 1 aliphatic rings. The Kier molecular flexibility index (Phi) is 7.30. The first-order chi connectivity index (χ1) is 9.45. The van der Waals surface area contributed by atoms with Crippen molar-refractivity contribution in [1.82, 2.24) is 10.2 Å². The Morgan fingerprint density at radius 3 is 2.60 bits per heavy atom. The lowest BCUT2D eigenvalue weighted by Crippen LogP contribution is -2.35. The summed E-state index contributed by atoms with van der Waals surface area (Å²) in [5, 5.41) is 15.4. The molecule has 0 atom stereocenters. The number of nitrogens with two attached hydrogens (primary N) is 1. The van der Waals surface area contributed by atoms with Crippen molar-refractivity contribution >= 4 is 5.84 Å². The molecule has 0 aromatic carbocycles. The number of hydrogen-bond donors (Lipinski definition) is 3. The molecule has 5 nitrogen and oxygen atoms in total. The molecule has 0 amide bonds. The fraction of sp³-hybridized carbons (Fsp3) is 0.933. The average molecular weight is 284 g/mol. The first kappa shape index (κ1) is 17.2. The Hall–Kier alpha value is -0.810. The Morgan fingerprint density at radius 1 is 1.35 bits per heavy atom. The summed E-state index contributed by atoms with van der Waals surface area (Å²) in [7, 11) is 2.20. The van der Waals surface area contributed by atoms with Crippen LogP contribution in [0.1, 0.15) is 46.0 Å². The second-order valence-electron chi connectivity index (χ2n) is 6.78. The quantitative estimate of drug-likeness (QED) is 0.209. The maximum atomic E-state index is 8.72. The highest BCUT2D eigenvalue weighted by atomic mass is 16.4. The number of piperidine rings is 1. The molecule has 4 N–H and O–H groups in total. The molecule has 0 aromatic rings. The smallest absolute Gasteiger partial charge is 0.144 e. The molecule has 118 valence electrons. The summed E-state index contributed by atoms with van der Waals surface area (Å²) < 4.78 is 0. The van der Waals surface area contributed by atoms with Gasteiger partial charge in [0.1, 0.15) is 5.84 Å². The molecule has 1 heterocycles. The van der Waals surface area contributed by atoms with E-state index >= 15 is 0 Å². The number of amidine groups is 1. The highest BCUT2D eigenvalue weighted by molar-refractivity contribution is 5.85. The average Bonchev–Trinajstić information content (AvgIpc) is 2.43. The van der Waals surface area contributed by atoms with Gasteiger partial charge in [-0.05, 0) is 64.8 Å². The molecule has 0 spiro atoms. The minimum Gasteiger partial charge on any atom is -0.409 e. The van der Waals surface area contributed by atoms with Gasteiger partial charge >= 0.3 is 0 Å². The van der Waals surface area contributed by atoms with E-state index in [1.54, 1.807) is 0 Å². The van der Waals surface area contributed by atoms with Crippen LogP contribution < -0.4 is 11.1 Å². The number of unbranched alkanes of at least 4 members (excludes halogenated alkanes) is 1. The number of nitrogens with zero attached hydrogens (tertiary/aromatic N) is 2. The van der Waals surface area contributed by atoms with Crippen molar-refractivity contribution < 1.29 is 5.21 Å². The maximum Gasteiger partial charge on any atom is 0.144 e. The van der Waals surface area contributed by atoms with Crippen molar-refractivity contribution in [1.29, 1.82) is 0 Å². The minimum absolute atomic E-state index is 0.206. The van der Waals surface area contributed by atoms with Gasteiger partial charge < -0.3 is 21.2 Å². The van der Waals surface area contributed by atoms with Crippen LogP contribution in [0.3, 0.4) is 0 Å². The van der Waals surface area contributed by atoms with Crippen LogP contribution in [0.25, 0.3) is 0 Å². The van der Waals surface area contributed by atoms with E-state index in [0.29, 0.717) is 5.84 Å². The summed E-state index contributed by atoms with van der Waals surface area (Å²) in [6, 6.07) is 0. The van der Waals surface area contributed by atoms with Crippen LogP contribution in [0.15, 0.2) is 5.16 Å². The molecular weight excluding hydrogens is 252 g/mol. The van der Waals surface area contributed by atoms with Gasteiger partial charge in [-0.1, -0.05) is 25.4 Å². The molecule has 20 heavy (non-hydrogen) atoms. The van der Waals surface area contributed by atoms with Crippen LogP contribution in [0.2, 0.25) is 0 Å². The standard InChI is InChI=1S/C15H32N4O/c1-15(2,14(16)18-20)8-4-5-9-17-12-13-6-10-19(3)11-7-13/h13,17,20H,4-12H2,1-3H3,(H2,16,18). The first-order valence-electron chi connectivity index (χ1n) is 7.83. The third-order valence-corrected chi connectivity index (χ3v) is 4.48. The predicted octanol–water partition coefficient (Wildman–Crippen LogP) is 1.86. The van der Waals surface area contributed by atoms with Gasteiger partial charge in [-0.25, -0.2) is 0 Å². The summed E-state index contributed by atoms with van der Waals surface area (Å²) in [6.45, 7) is 8.73. The summed E-state index contributed by atoms with van der Waals surface area (Å²) in [5.74, 6) is 1.18. The number of oxime groups is 1. The molecule has 1 saturated heterocycles. The molecule has 0 bridgehead atoms. The van der Waals surface area contributed by atoms with E-state index in [4.69, 9.17) is 10.9 Å². The summed E-state index contributed by atoms with van der Waals surface area (Å²) >= 11 is 0. The normalized spacial score (nSPS) is 19.4. The topological polar surface area (TPSA) is 73.9 Å². The second-order valence-corrected chi connectivity index (χ2v) is 6.78. The zero-order valence-electron chi connectivity index (χ0n) is 13.4. The van der Waals surface area contributed by atoms with Gasteiger partial charge in [-0.3, -0.25) is 0 Å². The van der Waals surface area contributed by atoms with Crippen molar-refractivity contribution in [3.63, 3.8) is 0 Å². The van der Waals surface area contributed by atoms with Gasteiger partial charge in [0.2, 0.25) is 0 Å². The van der Waals surface area contributed by atoms with Crippen molar-refractivity contribution in [2.75, 3.05) is 33.2 Å². The summed E-state index contributed by atoms with van der Waals surface area (Å²) in [5.41, 5.74) is 5.48. The highest BCUT2D eigenvalue weighted by Gasteiger charge is 2.22. The van der Waals surface area contributed by atoms with Crippen molar-refractivity contribution in [2.45, 2.75) is 46.0 Å². The molecule has 1 aliphatic heterocycles. The summed E-state index contributed by atoms with van der Waals surface area (Å²) in [6.07, 6.45) is 5.84. The number of likely N-dealkylation sites (tertiary alicyclic amines) is 1. The van der Waals surface area contributed by atoms with Crippen LogP contribution in [0.4, 0.5) is 0 Å². The van der Waals surface area contributed by atoms with Gasteiger partial charge in [-0.15, -0.1) is 0 Å². The van der Waals surface area contributed by atoms with Crippen LogP contribution in [-0.2, 0) is 0 Å². The van der Waals surface area contributed by atoms with E-state index in [9.17, 15) is 0 Å². The van der Waals surface area contributed by atoms with Crippen LogP contribution >= 0.6 is 0 Å². The fourth-order valence-electron chi connectivity index (χ4n) is 2.65. The largest absolute Gasteiger partial charge is 0.409 e. The minimum atomic E-state index is -0.206. The van der Waals surface area contributed by atoms with Gasteiger partial charge in [0, 0.05) is 5.41 Å². The Bertz CT molecular complexity index is 296. The third-order valence-electron chi connectivity index (χ3n) is 4.48. The van der Waals surface area contributed by atoms with Gasteiger partial charge in [0.15, 0.2) is 0 Å². The molecular formula is C15H32N4O. The third kappa shape index (κ3) is 6.09. The van der Waals surface area contributed by atoms with Crippen molar-refractivity contribution in [3.05, 3.63) is 0 Å². The van der Waals surface area contributed by atoms with Crippen LogP contribution in [0.5, 0.6) is 0 Å². The van der Waals surface area contributed by atoms with E-state index in [1.165, 1.54) is 25.9 Å². The van der Waals surface area contributed by atoms with Gasteiger partial charge in [0.05, 0.1) is 0 Å². The SMILES string of the molecule is CN1CCC(CNCCCCC(C)(C)C(N)=NO)CC1. The fourth-order valence-corrected chi connectivity index (χ4v) is 2.65.